The summed E-state index contributed by atoms with van der Waals surface area (Å²) in [5.74, 6) is 0.954. The summed E-state index contributed by atoms with van der Waals surface area (Å²) in [5.41, 5.74) is 1.46. The van der Waals surface area contributed by atoms with E-state index >= 15 is 0 Å². The van der Waals surface area contributed by atoms with Gasteiger partial charge in [-0.1, -0.05) is 12.1 Å². The van der Waals surface area contributed by atoms with Crippen molar-refractivity contribution in [2.75, 3.05) is 27.2 Å². The highest BCUT2D eigenvalue weighted by Gasteiger charge is 2.33. The van der Waals surface area contributed by atoms with Gasteiger partial charge < -0.3 is 4.52 Å². The smallest absolute Gasteiger partial charge is 0.281 e. The highest BCUT2D eigenvalue weighted by atomic mass is 32.2. The second-order valence-corrected chi connectivity index (χ2v) is 8.32. The highest BCUT2D eigenvalue weighted by molar-refractivity contribution is 7.86. The molecule has 0 spiro atoms. The van der Waals surface area contributed by atoms with Crippen molar-refractivity contribution >= 4 is 10.2 Å². The largest absolute Gasteiger partial charge is 0.339 e. The first-order chi connectivity index (χ1) is 11.9. The Morgan fingerprint density at radius 2 is 2.20 bits per heavy atom. The molecule has 2 aromatic rings. The van der Waals surface area contributed by atoms with Gasteiger partial charge in [0, 0.05) is 45.7 Å². The number of aryl methyl sites for hydroxylation is 1. The number of rotatable bonds is 5. The molecule has 2 aromatic heterocycles. The lowest BCUT2D eigenvalue weighted by Gasteiger charge is -2.33. The molecule has 10 heteroatoms. The Kier molecular flexibility index (Phi) is 5.11. The summed E-state index contributed by atoms with van der Waals surface area (Å²) in [6.45, 7) is 2.83. The molecule has 0 bridgehead atoms. The van der Waals surface area contributed by atoms with Gasteiger partial charge in [-0.2, -0.15) is 22.0 Å². The molecule has 0 radical (unpaired) electrons. The predicted octanol–water partition coefficient (Wildman–Crippen LogP) is 1.07. The van der Waals surface area contributed by atoms with Crippen LogP contribution in [0.25, 0.3) is 11.4 Å². The summed E-state index contributed by atoms with van der Waals surface area (Å²) in [6.07, 6.45) is 5.40. The quantitative estimate of drug-likeness (QED) is 0.779. The van der Waals surface area contributed by atoms with Crippen molar-refractivity contribution in [1.82, 2.24) is 28.7 Å². The first-order valence-corrected chi connectivity index (χ1v) is 9.63. The van der Waals surface area contributed by atoms with Crippen molar-refractivity contribution in [3.8, 4) is 11.4 Å². The molecule has 0 saturated carbocycles. The Hall–Kier alpha value is -1.91. The average molecular weight is 366 g/mol. The molecule has 1 saturated heterocycles. The minimum Gasteiger partial charge on any atom is -0.339 e. The number of aromatic nitrogens is 4. The molecule has 1 fully saturated rings. The van der Waals surface area contributed by atoms with Gasteiger partial charge in [0.2, 0.25) is 11.7 Å². The molecule has 0 aromatic carbocycles. The van der Waals surface area contributed by atoms with Crippen LogP contribution >= 0.6 is 0 Å². The van der Waals surface area contributed by atoms with Gasteiger partial charge in [-0.05, 0) is 12.8 Å². The molecule has 136 valence electrons. The van der Waals surface area contributed by atoms with Crippen LogP contribution in [0.3, 0.4) is 0 Å². The Morgan fingerprint density at radius 1 is 1.40 bits per heavy atom. The zero-order chi connectivity index (χ0) is 18.0. The Bertz CT molecular complexity index is 835. The van der Waals surface area contributed by atoms with Crippen molar-refractivity contribution in [3.05, 3.63) is 24.1 Å². The second-order valence-electron chi connectivity index (χ2n) is 6.17. The molecule has 3 rings (SSSR count). The molecule has 1 atom stereocenters. The van der Waals surface area contributed by atoms with Crippen LogP contribution in [0.15, 0.2) is 17.0 Å². The van der Waals surface area contributed by atoms with E-state index in [4.69, 9.17) is 4.52 Å². The lowest BCUT2D eigenvalue weighted by molar-refractivity contribution is 0.296. The Balaban J connectivity index is 1.92. The molecule has 0 unspecified atom stereocenters. The van der Waals surface area contributed by atoms with E-state index in [1.807, 2.05) is 6.92 Å². The van der Waals surface area contributed by atoms with Crippen LogP contribution in [0.1, 0.15) is 37.3 Å². The van der Waals surface area contributed by atoms with Crippen molar-refractivity contribution in [2.45, 2.75) is 32.1 Å². The van der Waals surface area contributed by atoms with Gasteiger partial charge in [0.25, 0.3) is 10.2 Å². The summed E-state index contributed by atoms with van der Waals surface area (Å²) >= 11 is 0. The number of piperidine rings is 1. The van der Waals surface area contributed by atoms with E-state index in [9.17, 15) is 8.42 Å². The lowest BCUT2D eigenvalue weighted by Crippen LogP contribution is -2.45. The van der Waals surface area contributed by atoms with Crippen LogP contribution in [0, 0.1) is 0 Å². The van der Waals surface area contributed by atoms with Crippen molar-refractivity contribution in [3.63, 3.8) is 0 Å². The summed E-state index contributed by atoms with van der Waals surface area (Å²) in [6, 6.07) is 0. The Labute approximate surface area is 147 Å². The minimum atomic E-state index is -3.44. The van der Waals surface area contributed by atoms with E-state index < -0.39 is 10.2 Å². The van der Waals surface area contributed by atoms with Gasteiger partial charge in [0.1, 0.15) is 6.33 Å². The zero-order valence-corrected chi connectivity index (χ0v) is 15.4. The Morgan fingerprint density at radius 3 is 2.88 bits per heavy atom. The summed E-state index contributed by atoms with van der Waals surface area (Å²) in [4.78, 5) is 12.8. The fourth-order valence-electron chi connectivity index (χ4n) is 2.95. The number of nitrogens with zero attached hydrogens (tertiary/aromatic N) is 6. The van der Waals surface area contributed by atoms with Crippen LogP contribution in [0.4, 0.5) is 0 Å². The number of hydrogen-bond donors (Lipinski definition) is 0. The van der Waals surface area contributed by atoms with E-state index in [2.05, 4.69) is 20.1 Å². The molecule has 1 aliphatic rings. The first kappa shape index (κ1) is 17.9. The van der Waals surface area contributed by atoms with Crippen LogP contribution < -0.4 is 0 Å². The van der Waals surface area contributed by atoms with Crippen LogP contribution in [-0.4, -0.2) is 64.3 Å². The van der Waals surface area contributed by atoms with Gasteiger partial charge in [0.15, 0.2) is 0 Å². The molecular weight excluding hydrogens is 344 g/mol. The fraction of sp³-hybridized carbons (Fsp3) is 0.600. The zero-order valence-electron chi connectivity index (χ0n) is 14.6. The van der Waals surface area contributed by atoms with Crippen molar-refractivity contribution in [1.29, 1.82) is 0 Å². The predicted molar refractivity (Wildman–Crippen MR) is 90.9 cm³/mol. The SMILES string of the molecule is CCc1nc(-c2cncnc2[C@@H]2CCCN(S(=O)(=O)N(C)C)C2)no1. The van der Waals surface area contributed by atoms with Gasteiger partial charge in [-0.15, -0.1) is 0 Å². The maximum absolute atomic E-state index is 12.4. The van der Waals surface area contributed by atoms with Crippen molar-refractivity contribution in [2.24, 2.45) is 0 Å². The summed E-state index contributed by atoms with van der Waals surface area (Å²) < 4.78 is 32.8. The molecule has 0 N–H and O–H groups in total. The third-order valence-corrected chi connectivity index (χ3v) is 6.22. The summed E-state index contributed by atoms with van der Waals surface area (Å²) in [5, 5.41) is 4.00. The van der Waals surface area contributed by atoms with Gasteiger partial charge in [-0.25, -0.2) is 9.97 Å². The molecule has 25 heavy (non-hydrogen) atoms. The number of hydrogen-bond acceptors (Lipinski definition) is 7. The van der Waals surface area contributed by atoms with Gasteiger partial charge in [-0.3, -0.25) is 0 Å². The van der Waals surface area contributed by atoms with Gasteiger partial charge in [0.05, 0.1) is 11.3 Å². The standard InChI is InChI=1S/C15H22N6O3S/c1-4-13-18-15(19-24-13)12-8-16-10-17-14(12)11-6-5-7-21(9-11)25(22,23)20(2)3/h8,10-11H,4-7,9H2,1-3H3/t11-/m1/s1. The first-order valence-electron chi connectivity index (χ1n) is 8.24. The van der Waals surface area contributed by atoms with E-state index in [-0.39, 0.29) is 5.92 Å². The minimum absolute atomic E-state index is 0.0370. The molecule has 0 aliphatic carbocycles. The lowest BCUT2D eigenvalue weighted by atomic mass is 9.93. The van der Waals surface area contributed by atoms with Crippen LogP contribution in [0.2, 0.25) is 0 Å². The highest BCUT2D eigenvalue weighted by Crippen LogP contribution is 2.32. The molecule has 0 amide bonds. The average Bonchev–Trinajstić information content (AvgIpc) is 3.11. The van der Waals surface area contributed by atoms with E-state index in [0.717, 1.165) is 18.5 Å². The van der Waals surface area contributed by atoms with Crippen LogP contribution in [-0.2, 0) is 16.6 Å². The maximum atomic E-state index is 12.4. The molecule has 3 heterocycles. The van der Waals surface area contributed by atoms with Crippen molar-refractivity contribution < 1.29 is 12.9 Å². The third-order valence-electron chi connectivity index (χ3n) is 4.31. The van der Waals surface area contributed by atoms with Gasteiger partial charge >= 0.3 is 0 Å². The van der Waals surface area contributed by atoms with E-state index in [1.165, 1.54) is 14.9 Å². The summed E-state index contributed by atoms with van der Waals surface area (Å²) in [7, 11) is -0.360. The topological polar surface area (TPSA) is 105 Å². The van der Waals surface area contributed by atoms with E-state index in [1.54, 1.807) is 20.3 Å². The maximum Gasteiger partial charge on any atom is 0.281 e. The molecule has 9 nitrogen and oxygen atoms in total. The third kappa shape index (κ3) is 3.55. The normalized spacial score (nSPS) is 19.4. The van der Waals surface area contributed by atoms with E-state index in [0.29, 0.717) is 36.8 Å². The molecule has 1 aliphatic heterocycles. The monoisotopic (exact) mass is 366 g/mol. The van der Waals surface area contributed by atoms with Crippen LogP contribution in [0.5, 0.6) is 0 Å². The fourth-order valence-corrected chi connectivity index (χ4v) is 4.14. The molecular formula is C15H22N6O3S. The second kappa shape index (κ2) is 7.14.